The van der Waals surface area contributed by atoms with Crippen LogP contribution in [0.5, 0.6) is 0 Å². The zero-order chi connectivity index (χ0) is 11.9. The highest BCUT2D eigenvalue weighted by Gasteiger charge is 2.34. The predicted octanol–water partition coefficient (Wildman–Crippen LogP) is 3.44. The second-order valence-corrected chi connectivity index (χ2v) is 3.86. The number of carbonyl (C=O) groups is 1. The fraction of sp³-hybridized carbons (Fsp3) is 0.364. The lowest BCUT2D eigenvalue weighted by Crippen LogP contribution is -2.09. The molecule has 1 aromatic rings. The summed E-state index contributed by atoms with van der Waals surface area (Å²) in [4.78, 5) is 11.5. The van der Waals surface area contributed by atoms with Crippen molar-refractivity contribution in [2.75, 3.05) is 0 Å². The Hall–Kier alpha value is -1.39. The van der Waals surface area contributed by atoms with E-state index in [9.17, 15) is 22.4 Å². The molecular weight excluding hydrogens is 224 g/mol. The number of Topliss-reactive ketones (excluding diaryl/α,β-unsaturated/α-hetero) is 1. The summed E-state index contributed by atoms with van der Waals surface area (Å²) in [6, 6.07) is 1.96. The molecule has 0 radical (unpaired) electrons. The molecule has 5 heteroatoms. The Morgan fingerprint density at radius 2 is 1.81 bits per heavy atom. The summed E-state index contributed by atoms with van der Waals surface area (Å²) in [6.45, 7) is 0. The molecule has 0 atom stereocenters. The van der Waals surface area contributed by atoms with Gasteiger partial charge in [-0.05, 0) is 31.0 Å². The smallest absolute Gasteiger partial charge is 0.294 e. The van der Waals surface area contributed by atoms with Gasteiger partial charge in [0.25, 0.3) is 0 Å². The molecule has 0 amide bonds. The van der Waals surface area contributed by atoms with Crippen LogP contribution in [0, 0.1) is 11.7 Å². The first-order valence-electron chi connectivity index (χ1n) is 4.80. The molecule has 0 saturated heterocycles. The van der Waals surface area contributed by atoms with Crippen molar-refractivity contribution in [2.45, 2.75) is 19.0 Å². The summed E-state index contributed by atoms with van der Waals surface area (Å²) >= 11 is 0. The van der Waals surface area contributed by atoms with Crippen LogP contribution in [0.3, 0.4) is 0 Å². The highest BCUT2D eigenvalue weighted by Crippen LogP contribution is 2.35. The quantitative estimate of drug-likeness (QED) is 0.564. The molecule has 0 unspecified atom stereocenters. The van der Waals surface area contributed by atoms with Crippen LogP contribution < -0.4 is 0 Å². The minimum Gasteiger partial charge on any atom is -0.294 e. The average Bonchev–Trinajstić information content (AvgIpc) is 2.97. The van der Waals surface area contributed by atoms with Crippen LogP contribution in [-0.4, -0.2) is 5.78 Å². The Morgan fingerprint density at radius 1 is 1.19 bits per heavy atom. The predicted molar refractivity (Wildman–Crippen MR) is 48.5 cm³/mol. The third kappa shape index (κ3) is 2.23. The molecule has 2 rings (SSSR count). The van der Waals surface area contributed by atoms with Crippen molar-refractivity contribution >= 4 is 5.78 Å². The normalized spacial score (nSPS) is 16.2. The molecule has 0 aliphatic heterocycles. The van der Waals surface area contributed by atoms with Crippen molar-refractivity contribution < 1.29 is 22.4 Å². The lowest BCUT2D eigenvalue weighted by Gasteiger charge is -2.08. The topological polar surface area (TPSA) is 17.1 Å². The Kier molecular flexibility index (Phi) is 2.48. The van der Waals surface area contributed by atoms with Gasteiger partial charge in [0.05, 0.1) is 5.56 Å². The zero-order valence-electron chi connectivity index (χ0n) is 8.14. The lowest BCUT2D eigenvalue weighted by molar-refractivity contribution is -0.137. The van der Waals surface area contributed by atoms with Gasteiger partial charge in [0.1, 0.15) is 5.82 Å². The van der Waals surface area contributed by atoms with Gasteiger partial charge >= 0.3 is 6.18 Å². The summed E-state index contributed by atoms with van der Waals surface area (Å²) in [5, 5.41) is 0. The minimum absolute atomic E-state index is 0.185. The third-order valence-electron chi connectivity index (χ3n) is 2.46. The van der Waals surface area contributed by atoms with Crippen molar-refractivity contribution in [3.8, 4) is 0 Å². The zero-order valence-corrected chi connectivity index (χ0v) is 8.14. The molecule has 1 aliphatic rings. The number of benzene rings is 1. The molecule has 0 N–H and O–H groups in total. The lowest BCUT2D eigenvalue weighted by atomic mass is 10.0. The fourth-order valence-electron chi connectivity index (χ4n) is 1.48. The molecule has 0 heterocycles. The van der Waals surface area contributed by atoms with Gasteiger partial charge in [-0.3, -0.25) is 4.79 Å². The van der Waals surface area contributed by atoms with Gasteiger partial charge in [-0.2, -0.15) is 13.2 Å². The van der Waals surface area contributed by atoms with Crippen LogP contribution in [0.25, 0.3) is 0 Å². The van der Waals surface area contributed by atoms with E-state index in [1.165, 1.54) is 0 Å². The van der Waals surface area contributed by atoms with E-state index in [1.54, 1.807) is 0 Å². The van der Waals surface area contributed by atoms with E-state index < -0.39 is 23.3 Å². The molecule has 1 saturated carbocycles. The highest BCUT2D eigenvalue weighted by molar-refractivity contribution is 5.99. The van der Waals surface area contributed by atoms with E-state index in [4.69, 9.17) is 0 Å². The number of hydrogen-bond donors (Lipinski definition) is 0. The second-order valence-electron chi connectivity index (χ2n) is 3.86. The van der Waals surface area contributed by atoms with Crippen molar-refractivity contribution in [2.24, 2.45) is 5.92 Å². The van der Waals surface area contributed by atoms with Gasteiger partial charge in [-0.1, -0.05) is 0 Å². The highest BCUT2D eigenvalue weighted by atomic mass is 19.4. The minimum atomic E-state index is -4.62. The van der Waals surface area contributed by atoms with Crippen molar-refractivity contribution in [1.29, 1.82) is 0 Å². The molecule has 1 nitrogen and oxygen atoms in total. The summed E-state index contributed by atoms with van der Waals surface area (Å²) in [7, 11) is 0. The average molecular weight is 232 g/mol. The first-order chi connectivity index (χ1) is 7.38. The van der Waals surface area contributed by atoms with Gasteiger partial charge in [-0.25, -0.2) is 4.39 Å². The van der Waals surface area contributed by atoms with Gasteiger partial charge in [0.15, 0.2) is 5.78 Å². The largest absolute Gasteiger partial charge is 0.416 e. The van der Waals surface area contributed by atoms with Crippen LogP contribution in [0.15, 0.2) is 18.2 Å². The Balaban J connectivity index is 2.39. The Morgan fingerprint density at radius 3 is 2.31 bits per heavy atom. The molecule has 1 fully saturated rings. The molecular formula is C11H8F4O. The maximum atomic E-state index is 12.9. The first-order valence-corrected chi connectivity index (χ1v) is 4.80. The fourth-order valence-corrected chi connectivity index (χ4v) is 1.48. The van der Waals surface area contributed by atoms with Crippen LogP contribution in [0.4, 0.5) is 17.6 Å². The van der Waals surface area contributed by atoms with Gasteiger partial charge in [0, 0.05) is 11.5 Å². The number of carbonyl (C=O) groups excluding carboxylic acids is 1. The standard InChI is InChI=1S/C11H8F4O/c12-9-4-7(10(16)6-1-2-6)3-8(5-9)11(13,14)15/h3-6H,1-2H2. The number of alkyl halides is 3. The number of halogens is 4. The van der Waals surface area contributed by atoms with Crippen molar-refractivity contribution in [3.05, 3.63) is 35.1 Å². The Labute approximate surface area is 89.1 Å². The summed E-state index contributed by atoms with van der Waals surface area (Å²) in [6.07, 6.45) is -3.27. The van der Waals surface area contributed by atoms with E-state index in [0.29, 0.717) is 25.0 Å². The molecule has 0 spiro atoms. The van der Waals surface area contributed by atoms with Gasteiger partial charge < -0.3 is 0 Å². The maximum Gasteiger partial charge on any atom is 0.416 e. The molecule has 16 heavy (non-hydrogen) atoms. The third-order valence-corrected chi connectivity index (χ3v) is 2.46. The van der Waals surface area contributed by atoms with Crippen LogP contribution >= 0.6 is 0 Å². The summed E-state index contributed by atoms with van der Waals surface area (Å²) in [5.41, 5.74) is -1.30. The van der Waals surface area contributed by atoms with E-state index in [-0.39, 0.29) is 11.5 Å². The Bertz CT molecular complexity index is 432. The van der Waals surface area contributed by atoms with E-state index in [1.807, 2.05) is 0 Å². The molecule has 86 valence electrons. The first kappa shape index (κ1) is 11.1. The van der Waals surface area contributed by atoms with Crippen molar-refractivity contribution in [1.82, 2.24) is 0 Å². The molecule has 0 aromatic heterocycles. The van der Waals surface area contributed by atoms with Crippen LogP contribution in [0.2, 0.25) is 0 Å². The number of hydrogen-bond acceptors (Lipinski definition) is 1. The van der Waals surface area contributed by atoms with E-state index >= 15 is 0 Å². The SMILES string of the molecule is O=C(c1cc(F)cc(C(F)(F)F)c1)C1CC1. The number of rotatable bonds is 2. The van der Waals surface area contributed by atoms with Gasteiger partial charge in [0.2, 0.25) is 0 Å². The maximum absolute atomic E-state index is 12.9. The van der Waals surface area contributed by atoms with Crippen LogP contribution in [0.1, 0.15) is 28.8 Å². The molecule has 1 aliphatic carbocycles. The van der Waals surface area contributed by atoms with Crippen molar-refractivity contribution in [3.63, 3.8) is 0 Å². The second kappa shape index (κ2) is 3.57. The molecule has 0 bridgehead atoms. The molecule has 1 aromatic carbocycles. The summed E-state index contributed by atoms with van der Waals surface area (Å²) in [5.74, 6) is -1.65. The monoisotopic (exact) mass is 232 g/mol. The number of ketones is 1. The summed E-state index contributed by atoms with van der Waals surface area (Å²) < 4.78 is 50.0. The van der Waals surface area contributed by atoms with Gasteiger partial charge in [-0.15, -0.1) is 0 Å². The van der Waals surface area contributed by atoms with Crippen LogP contribution in [-0.2, 0) is 6.18 Å². The van der Waals surface area contributed by atoms with E-state index in [0.717, 1.165) is 6.07 Å². The van der Waals surface area contributed by atoms with E-state index in [2.05, 4.69) is 0 Å².